The molecule has 0 radical (unpaired) electrons. The summed E-state index contributed by atoms with van der Waals surface area (Å²) in [6.45, 7) is 6.27. The van der Waals surface area contributed by atoms with Gasteiger partial charge in [0.1, 0.15) is 23.0 Å². The van der Waals surface area contributed by atoms with Crippen molar-refractivity contribution in [3.63, 3.8) is 0 Å². The van der Waals surface area contributed by atoms with Crippen LogP contribution < -0.4 is 4.90 Å². The quantitative estimate of drug-likeness (QED) is 0.833. The first kappa shape index (κ1) is 14.8. The van der Waals surface area contributed by atoms with Crippen LogP contribution in [0.2, 0.25) is 0 Å². The van der Waals surface area contributed by atoms with Gasteiger partial charge in [-0.3, -0.25) is 0 Å². The Kier molecular flexibility index (Phi) is 4.32. The van der Waals surface area contributed by atoms with Crippen molar-refractivity contribution < 1.29 is 13.2 Å². The molecule has 108 valence electrons. The maximum absolute atomic E-state index is 14.1. The van der Waals surface area contributed by atoms with Crippen molar-refractivity contribution >= 4 is 17.0 Å². The molecule has 2 aromatic rings. The van der Waals surface area contributed by atoms with Gasteiger partial charge in [-0.15, -0.1) is 0 Å². The van der Waals surface area contributed by atoms with E-state index in [0.717, 1.165) is 23.5 Å². The lowest BCUT2D eigenvalue weighted by molar-refractivity contribution is 0.574. The Balaban J connectivity index is 2.53. The monoisotopic (exact) mass is 300 g/mol. The van der Waals surface area contributed by atoms with Crippen LogP contribution in [0.1, 0.15) is 18.9 Å². The lowest BCUT2D eigenvalue weighted by Crippen LogP contribution is -2.24. The highest BCUT2D eigenvalue weighted by atomic mass is 32.1. The summed E-state index contributed by atoms with van der Waals surface area (Å²) in [4.78, 5) is 5.55. The van der Waals surface area contributed by atoms with Gasteiger partial charge in [0.2, 0.25) is 5.13 Å². The fourth-order valence-electron chi connectivity index (χ4n) is 2.12. The molecule has 1 aromatic heterocycles. The molecule has 2 rings (SSSR count). The van der Waals surface area contributed by atoms with Gasteiger partial charge in [-0.25, -0.2) is 13.8 Å². The highest BCUT2D eigenvalue weighted by Gasteiger charge is 2.19. The average Bonchev–Trinajstić information content (AvgIpc) is 2.72. The van der Waals surface area contributed by atoms with Gasteiger partial charge >= 0.3 is 0 Å². The summed E-state index contributed by atoms with van der Waals surface area (Å²) >= 11 is 0.862. The number of thiazole rings is 1. The van der Waals surface area contributed by atoms with Crippen LogP contribution in [0.4, 0.5) is 18.9 Å². The second kappa shape index (κ2) is 5.83. The summed E-state index contributed by atoms with van der Waals surface area (Å²) in [5, 5.41) is -0.0111. The van der Waals surface area contributed by atoms with Gasteiger partial charge in [-0.1, -0.05) is 11.3 Å². The molecular weight excluding hydrogens is 285 g/mol. The van der Waals surface area contributed by atoms with Crippen molar-refractivity contribution in [2.75, 3.05) is 18.0 Å². The van der Waals surface area contributed by atoms with Gasteiger partial charge in [0, 0.05) is 18.7 Å². The first-order chi connectivity index (χ1) is 9.47. The van der Waals surface area contributed by atoms with Crippen molar-refractivity contribution in [2.45, 2.75) is 20.8 Å². The smallest absolute Gasteiger partial charge is 0.204 e. The molecule has 0 aliphatic rings. The Hall–Kier alpha value is -1.56. The van der Waals surface area contributed by atoms with Crippen LogP contribution in [-0.2, 0) is 0 Å². The van der Waals surface area contributed by atoms with Gasteiger partial charge in [0.25, 0.3) is 0 Å². The number of anilines is 1. The van der Waals surface area contributed by atoms with E-state index in [0.29, 0.717) is 18.1 Å². The molecule has 1 heterocycles. The molecule has 0 aliphatic heterocycles. The summed E-state index contributed by atoms with van der Waals surface area (Å²) in [6.07, 6.45) is 0. The van der Waals surface area contributed by atoms with Crippen molar-refractivity contribution in [3.05, 3.63) is 33.9 Å². The Morgan fingerprint density at radius 1 is 1.10 bits per heavy atom. The normalized spacial score (nSPS) is 10.9. The van der Waals surface area contributed by atoms with Crippen LogP contribution in [0.15, 0.2) is 12.1 Å². The van der Waals surface area contributed by atoms with Crippen molar-refractivity contribution in [1.82, 2.24) is 4.98 Å². The topological polar surface area (TPSA) is 16.1 Å². The van der Waals surface area contributed by atoms with Gasteiger partial charge in [-0.2, -0.15) is 4.39 Å². The summed E-state index contributed by atoms with van der Waals surface area (Å²) in [6, 6.07) is 2.27. The molecule has 0 saturated carbocycles. The van der Waals surface area contributed by atoms with Crippen LogP contribution in [0.3, 0.4) is 0 Å². The highest BCUT2D eigenvalue weighted by molar-refractivity contribution is 7.10. The maximum Gasteiger partial charge on any atom is 0.204 e. The number of rotatable bonds is 4. The van der Waals surface area contributed by atoms with Gasteiger partial charge in [-0.05, 0) is 32.9 Å². The fraction of sp³-hybridized carbons (Fsp3) is 0.357. The molecule has 0 bridgehead atoms. The van der Waals surface area contributed by atoms with E-state index in [4.69, 9.17) is 0 Å². The summed E-state index contributed by atoms with van der Waals surface area (Å²) in [5.41, 5.74) is 0.0419. The minimum atomic E-state index is -0.700. The zero-order chi connectivity index (χ0) is 14.9. The van der Waals surface area contributed by atoms with Crippen LogP contribution in [0.5, 0.6) is 0 Å². The zero-order valence-corrected chi connectivity index (χ0v) is 12.3. The van der Waals surface area contributed by atoms with E-state index in [1.165, 1.54) is 0 Å². The van der Waals surface area contributed by atoms with Gasteiger partial charge in [0.15, 0.2) is 0 Å². The molecule has 0 aliphatic carbocycles. The third-order valence-corrected chi connectivity index (χ3v) is 3.82. The van der Waals surface area contributed by atoms with Crippen LogP contribution in [0.25, 0.3) is 11.3 Å². The van der Waals surface area contributed by atoms with E-state index < -0.39 is 16.8 Å². The molecule has 2 nitrogen and oxygen atoms in total. The zero-order valence-electron chi connectivity index (χ0n) is 11.5. The molecule has 0 fully saturated rings. The summed E-state index contributed by atoms with van der Waals surface area (Å²) in [5.74, 6) is -1.40. The molecule has 1 aromatic carbocycles. The minimum absolute atomic E-state index is 0.00334. The lowest BCUT2D eigenvalue weighted by atomic mass is 10.1. The number of nitrogens with zero attached hydrogens (tertiary/aromatic N) is 2. The van der Waals surface area contributed by atoms with Crippen LogP contribution in [0, 0.1) is 23.7 Å². The fourth-order valence-corrected chi connectivity index (χ4v) is 2.78. The predicted octanol–water partition coefficient (Wildman–Crippen LogP) is 4.38. The Bertz CT molecular complexity index is 598. The van der Waals surface area contributed by atoms with E-state index in [9.17, 15) is 13.2 Å². The Labute approximate surface area is 119 Å². The van der Waals surface area contributed by atoms with Crippen molar-refractivity contribution in [1.29, 1.82) is 0 Å². The molecule has 0 amide bonds. The standard InChI is InChI=1S/C14H15F3N2S/c1-4-19(5-2)13-10(15)6-9(7-11(13)16)12-14(17)20-8(3)18-12/h6-7H,4-5H2,1-3H3. The highest BCUT2D eigenvalue weighted by Crippen LogP contribution is 2.32. The number of aromatic nitrogens is 1. The Morgan fingerprint density at radius 3 is 2.05 bits per heavy atom. The number of halogens is 3. The average molecular weight is 300 g/mol. The number of aryl methyl sites for hydroxylation is 1. The largest absolute Gasteiger partial charge is 0.367 e. The van der Waals surface area contributed by atoms with Crippen molar-refractivity contribution in [2.24, 2.45) is 0 Å². The van der Waals surface area contributed by atoms with Gasteiger partial charge in [0.05, 0.1) is 5.01 Å². The Morgan fingerprint density at radius 2 is 1.65 bits per heavy atom. The number of hydrogen-bond donors (Lipinski definition) is 0. The van der Waals surface area contributed by atoms with Crippen LogP contribution >= 0.6 is 11.3 Å². The minimum Gasteiger partial charge on any atom is -0.367 e. The van der Waals surface area contributed by atoms with Crippen molar-refractivity contribution in [3.8, 4) is 11.3 Å². The maximum atomic E-state index is 14.1. The van der Waals surface area contributed by atoms with Gasteiger partial charge < -0.3 is 4.90 Å². The first-order valence-corrected chi connectivity index (χ1v) is 7.16. The van der Waals surface area contributed by atoms with E-state index in [1.807, 2.05) is 13.8 Å². The predicted molar refractivity (Wildman–Crippen MR) is 75.7 cm³/mol. The van der Waals surface area contributed by atoms with E-state index in [-0.39, 0.29) is 16.9 Å². The summed E-state index contributed by atoms with van der Waals surface area (Å²) in [7, 11) is 0. The summed E-state index contributed by atoms with van der Waals surface area (Å²) < 4.78 is 41.9. The molecule has 0 N–H and O–H groups in total. The molecule has 0 atom stereocenters. The second-order valence-corrected chi connectivity index (χ2v) is 5.47. The lowest BCUT2D eigenvalue weighted by Gasteiger charge is -2.22. The molecular formula is C14H15F3N2S. The molecule has 0 unspecified atom stereocenters. The number of benzene rings is 1. The molecule has 6 heteroatoms. The molecule has 0 saturated heterocycles. The molecule has 20 heavy (non-hydrogen) atoms. The SMILES string of the molecule is CCN(CC)c1c(F)cc(-c2nc(C)sc2F)cc1F. The first-order valence-electron chi connectivity index (χ1n) is 6.35. The third kappa shape index (κ3) is 2.65. The second-order valence-electron chi connectivity index (χ2n) is 4.32. The third-order valence-electron chi connectivity index (χ3n) is 3.06. The van der Waals surface area contributed by atoms with Crippen LogP contribution in [-0.4, -0.2) is 18.1 Å². The van der Waals surface area contributed by atoms with E-state index >= 15 is 0 Å². The molecule has 0 spiro atoms. The van der Waals surface area contributed by atoms with E-state index in [1.54, 1.807) is 11.8 Å². The number of hydrogen-bond acceptors (Lipinski definition) is 3. The van der Waals surface area contributed by atoms with E-state index in [2.05, 4.69) is 4.98 Å².